The smallest absolute Gasteiger partial charge is 0.261 e. The van der Waals surface area contributed by atoms with Gasteiger partial charge in [0.1, 0.15) is 4.83 Å². The highest BCUT2D eigenvalue weighted by Gasteiger charge is 2.25. The van der Waals surface area contributed by atoms with Crippen molar-refractivity contribution < 1.29 is 4.79 Å². The zero-order valence-electron chi connectivity index (χ0n) is 17.8. The molecule has 4 rings (SSSR count). The fraction of sp³-hybridized carbons (Fsp3) is 0.727. The molecule has 6 nitrogen and oxygen atoms in total. The van der Waals surface area contributed by atoms with Crippen LogP contribution in [0, 0.1) is 6.92 Å². The SMILES string of the molecule is CNCCN[C@H]1CC[C@H](NC(=O)c2cc3c(C)nn(C4CCCCC4)c3s2)CC1. The maximum Gasteiger partial charge on any atom is 0.261 e. The third-order valence-corrected chi connectivity index (χ3v) is 7.71. The van der Waals surface area contributed by atoms with Crippen LogP contribution in [0.4, 0.5) is 0 Å². The van der Waals surface area contributed by atoms with Crippen molar-refractivity contribution in [3.05, 3.63) is 16.6 Å². The van der Waals surface area contributed by atoms with E-state index in [1.807, 2.05) is 7.05 Å². The van der Waals surface area contributed by atoms with Crippen LogP contribution in [0.1, 0.15) is 79.2 Å². The molecule has 7 heteroatoms. The summed E-state index contributed by atoms with van der Waals surface area (Å²) in [7, 11) is 1.98. The third kappa shape index (κ3) is 4.84. The number of carbonyl (C=O) groups excluding carboxylic acids is 1. The molecule has 2 aliphatic carbocycles. The van der Waals surface area contributed by atoms with Crippen LogP contribution >= 0.6 is 11.3 Å². The van der Waals surface area contributed by atoms with Crippen LogP contribution in [0.15, 0.2) is 6.07 Å². The Morgan fingerprint density at radius 3 is 2.55 bits per heavy atom. The van der Waals surface area contributed by atoms with E-state index in [1.165, 1.54) is 36.9 Å². The van der Waals surface area contributed by atoms with Crippen molar-refractivity contribution in [3.8, 4) is 0 Å². The first-order valence-electron chi connectivity index (χ1n) is 11.3. The maximum absolute atomic E-state index is 12.9. The molecule has 2 aromatic rings. The number of hydrogen-bond acceptors (Lipinski definition) is 5. The predicted octanol–water partition coefficient (Wildman–Crippen LogP) is 3.76. The van der Waals surface area contributed by atoms with Gasteiger partial charge in [0, 0.05) is 30.6 Å². The number of rotatable bonds is 7. The number of hydrogen-bond donors (Lipinski definition) is 3. The number of aromatic nitrogens is 2. The van der Waals surface area contributed by atoms with E-state index >= 15 is 0 Å². The monoisotopic (exact) mass is 417 g/mol. The number of fused-ring (bicyclic) bond motifs is 1. The van der Waals surface area contributed by atoms with Crippen molar-refractivity contribution in [1.82, 2.24) is 25.7 Å². The summed E-state index contributed by atoms with van der Waals surface area (Å²) in [6, 6.07) is 3.44. The minimum absolute atomic E-state index is 0.0902. The molecular weight excluding hydrogens is 382 g/mol. The summed E-state index contributed by atoms with van der Waals surface area (Å²) in [5.74, 6) is 0.0902. The molecule has 0 bridgehead atoms. The average molecular weight is 418 g/mol. The highest BCUT2D eigenvalue weighted by atomic mass is 32.1. The lowest BCUT2D eigenvalue weighted by molar-refractivity contribution is 0.0928. The van der Waals surface area contributed by atoms with Crippen molar-refractivity contribution in [2.24, 2.45) is 0 Å². The average Bonchev–Trinajstić information content (AvgIpc) is 3.31. The molecule has 0 radical (unpaired) electrons. The molecule has 0 spiro atoms. The first-order chi connectivity index (χ1) is 14.2. The highest BCUT2D eigenvalue weighted by Crippen LogP contribution is 2.35. The molecule has 2 saturated carbocycles. The number of thiophene rings is 1. The maximum atomic E-state index is 12.9. The molecule has 2 aliphatic rings. The normalized spacial score (nSPS) is 23.5. The summed E-state index contributed by atoms with van der Waals surface area (Å²) in [6.07, 6.45) is 10.7. The summed E-state index contributed by atoms with van der Waals surface area (Å²) < 4.78 is 2.22. The molecule has 2 aromatic heterocycles. The largest absolute Gasteiger partial charge is 0.349 e. The van der Waals surface area contributed by atoms with E-state index in [4.69, 9.17) is 5.10 Å². The van der Waals surface area contributed by atoms with Gasteiger partial charge in [-0.2, -0.15) is 5.10 Å². The summed E-state index contributed by atoms with van der Waals surface area (Å²) in [5, 5.41) is 16.0. The Morgan fingerprint density at radius 1 is 1.10 bits per heavy atom. The molecular formula is C22H35N5OS. The molecule has 3 N–H and O–H groups in total. The lowest BCUT2D eigenvalue weighted by atomic mass is 9.91. The third-order valence-electron chi connectivity index (χ3n) is 6.58. The van der Waals surface area contributed by atoms with Crippen LogP contribution in [-0.2, 0) is 0 Å². The molecule has 29 heavy (non-hydrogen) atoms. The van der Waals surface area contributed by atoms with E-state index in [0.717, 1.165) is 54.7 Å². The van der Waals surface area contributed by atoms with Crippen LogP contribution in [-0.4, -0.2) is 47.9 Å². The van der Waals surface area contributed by atoms with Crippen LogP contribution < -0.4 is 16.0 Å². The number of nitrogens with zero attached hydrogens (tertiary/aromatic N) is 2. The van der Waals surface area contributed by atoms with Crippen LogP contribution in [0.3, 0.4) is 0 Å². The summed E-state index contributed by atoms with van der Waals surface area (Å²) in [5.41, 5.74) is 1.05. The van der Waals surface area contributed by atoms with Crippen molar-refractivity contribution in [3.63, 3.8) is 0 Å². The highest BCUT2D eigenvalue weighted by molar-refractivity contribution is 7.20. The van der Waals surface area contributed by atoms with Crippen molar-refractivity contribution in [1.29, 1.82) is 0 Å². The molecule has 0 unspecified atom stereocenters. The molecule has 0 atom stereocenters. The summed E-state index contributed by atoms with van der Waals surface area (Å²) in [6.45, 7) is 4.08. The van der Waals surface area contributed by atoms with Crippen LogP contribution in [0.5, 0.6) is 0 Å². The molecule has 0 aromatic carbocycles. The molecule has 0 saturated heterocycles. The first-order valence-corrected chi connectivity index (χ1v) is 12.1. The first kappa shape index (κ1) is 20.8. The van der Waals surface area contributed by atoms with Crippen molar-refractivity contribution in [2.75, 3.05) is 20.1 Å². The van der Waals surface area contributed by atoms with Gasteiger partial charge in [-0.3, -0.25) is 9.48 Å². The number of nitrogens with one attached hydrogen (secondary N) is 3. The van der Waals surface area contributed by atoms with Gasteiger partial charge in [-0.1, -0.05) is 19.3 Å². The number of aryl methyl sites for hydroxylation is 1. The molecule has 2 fully saturated rings. The van der Waals surface area contributed by atoms with Gasteiger partial charge in [-0.05, 0) is 58.6 Å². The number of amides is 1. The van der Waals surface area contributed by atoms with Gasteiger partial charge in [0.25, 0.3) is 5.91 Å². The van der Waals surface area contributed by atoms with E-state index < -0.39 is 0 Å². The Balaban J connectivity index is 1.37. The number of likely N-dealkylation sites (N-methyl/N-ethyl adjacent to an activating group) is 1. The van der Waals surface area contributed by atoms with E-state index in [2.05, 4.69) is 33.6 Å². The van der Waals surface area contributed by atoms with Crippen molar-refractivity contribution in [2.45, 2.75) is 82.8 Å². The summed E-state index contributed by atoms with van der Waals surface area (Å²) in [4.78, 5) is 14.9. The van der Waals surface area contributed by atoms with Gasteiger partial charge in [-0.25, -0.2) is 0 Å². The standard InChI is InChI=1S/C22H35N5OS/c1-15-19-14-20(29-22(19)27(26-15)18-6-4-3-5-7-18)21(28)25-17-10-8-16(9-11-17)24-13-12-23-2/h14,16-18,23-24H,3-13H2,1-2H3,(H,25,28)/t16-,17-. The second-order valence-electron chi connectivity index (χ2n) is 8.73. The molecule has 0 aliphatic heterocycles. The van der Waals surface area contributed by atoms with Gasteiger partial charge in [0.05, 0.1) is 16.6 Å². The van der Waals surface area contributed by atoms with E-state index in [0.29, 0.717) is 18.1 Å². The lowest BCUT2D eigenvalue weighted by Crippen LogP contribution is -2.43. The minimum atomic E-state index is 0.0902. The Bertz CT molecular complexity index is 815. The van der Waals surface area contributed by atoms with Gasteiger partial charge >= 0.3 is 0 Å². The lowest BCUT2D eigenvalue weighted by Gasteiger charge is -2.29. The van der Waals surface area contributed by atoms with Crippen LogP contribution in [0.2, 0.25) is 0 Å². The van der Waals surface area contributed by atoms with Gasteiger partial charge < -0.3 is 16.0 Å². The number of carbonyl (C=O) groups is 1. The predicted molar refractivity (Wildman–Crippen MR) is 120 cm³/mol. The molecule has 1 amide bonds. The van der Waals surface area contributed by atoms with E-state index in [9.17, 15) is 4.79 Å². The fourth-order valence-corrected chi connectivity index (χ4v) is 5.99. The quantitative estimate of drug-likeness (QED) is 0.600. The van der Waals surface area contributed by atoms with Gasteiger partial charge in [-0.15, -0.1) is 11.3 Å². The second-order valence-corrected chi connectivity index (χ2v) is 9.76. The van der Waals surface area contributed by atoms with Gasteiger partial charge in [0.2, 0.25) is 0 Å². The summed E-state index contributed by atoms with van der Waals surface area (Å²) >= 11 is 1.62. The Kier molecular flexibility index (Phi) is 6.88. The zero-order valence-corrected chi connectivity index (χ0v) is 18.6. The van der Waals surface area contributed by atoms with E-state index in [1.54, 1.807) is 11.3 Å². The van der Waals surface area contributed by atoms with E-state index in [-0.39, 0.29) is 5.91 Å². The topological polar surface area (TPSA) is 71.0 Å². The van der Waals surface area contributed by atoms with Crippen molar-refractivity contribution >= 4 is 27.5 Å². The Labute approximate surface area is 177 Å². The van der Waals surface area contributed by atoms with Crippen LogP contribution in [0.25, 0.3) is 10.2 Å². The minimum Gasteiger partial charge on any atom is -0.349 e. The fourth-order valence-electron chi connectivity index (χ4n) is 4.86. The Morgan fingerprint density at radius 2 is 1.83 bits per heavy atom. The van der Waals surface area contributed by atoms with Gasteiger partial charge in [0.15, 0.2) is 0 Å². The zero-order chi connectivity index (χ0) is 20.2. The molecule has 160 valence electrons. The second kappa shape index (κ2) is 9.58. The molecule has 2 heterocycles. The Hall–Kier alpha value is -1.44.